The van der Waals surface area contributed by atoms with Crippen LogP contribution in [-0.4, -0.2) is 19.1 Å². The van der Waals surface area contributed by atoms with Crippen LogP contribution in [0.3, 0.4) is 0 Å². The number of amides is 1. The zero-order chi connectivity index (χ0) is 7.82. The van der Waals surface area contributed by atoms with E-state index in [-0.39, 0.29) is 12.5 Å². The molecule has 0 aromatic heterocycles. The summed E-state index contributed by atoms with van der Waals surface area (Å²) in [5, 5.41) is 8.01. The first-order valence-electron chi connectivity index (χ1n) is 3.00. The second-order valence-electron chi connectivity index (χ2n) is 1.78. The average molecular weight is 142 g/mol. The fourth-order valence-corrected chi connectivity index (χ4v) is 0.466. The van der Waals surface area contributed by atoms with E-state index < -0.39 is 0 Å². The van der Waals surface area contributed by atoms with Crippen molar-refractivity contribution in [2.75, 3.05) is 13.2 Å². The summed E-state index contributed by atoms with van der Waals surface area (Å²) in [6.07, 6.45) is 0.919. The number of hydrogen-bond acceptors (Lipinski definition) is 3. The second kappa shape index (κ2) is 6.05. The van der Waals surface area contributed by atoms with Gasteiger partial charge >= 0.3 is 0 Å². The summed E-state index contributed by atoms with van der Waals surface area (Å²) in [6, 6.07) is 1.82. The molecule has 0 spiro atoms. The molecule has 0 saturated carbocycles. The summed E-state index contributed by atoms with van der Waals surface area (Å²) in [6.45, 7) is 0.509. The molecule has 0 atom stereocenters. The maximum Gasteiger partial charge on any atom is 0.217 e. The van der Waals surface area contributed by atoms with Gasteiger partial charge in [0.25, 0.3) is 0 Å². The number of nitrogens with zero attached hydrogens (tertiary/aromatic N) is 1. The van der Waals surface area contributed by atoms with E-state index in [9.17, 15) is 4.79 Å². The lowest BCUT2D eigenvalue weighted by molar-refractivity contribution is -0.118. The van der Waals surface area contributed by atoms with E-state index in [1.807, 2.05) is 6.07 Å². The van der Waals surface area contributed by atoms with Crippen molar-refractivity contribution in [1.82, 2.24) is 0 Å². The highest BCUT2D eigenvalue weighted by molar-refractivity contribution is 5.73. The SMILES string of the molecule is N#CCOCCCC(N)=O. The number of rotatable bonds is 5. The molecule has 0 fully saturated rings. The maximum atomic E-state index is 10.1. The fraction of sp³-hybridized carbons (Fsp3) is 0.667. The monoisotopic (exact) mass is 142 g/mol. The van der Waals surface area contributed by atoms with Crippen molar-refractivity contribution in [1.29, 1.82) is 5.26 Å². The molecule has 0 aliphatic heterocycles. The van der Waals surface area contributed by atoms with Crippen LogP contribution in [0.5, 0.6) is 0 Å². The molecule has 0 radical (unpaired) electrons. The molecule has 4 heteroatoms. The van der Waals surface area contributed by atoms with Crippen molar-refractivity contribution in [3.8, 4) is 6.07 Å². The molecule has 0 saturated heterocycles. The van der Waals surface area contributed by atoms with Gasteiger partial charge in [-0.25, -0.2) is 0 Å². The van der Waals surface area contributed by atoms with Crippen LogP contribution in [-0.2, 0) is 9.53 Å². The van der Waals surface area contributed by atoms with Crippen molar-refractivity contribution < 1.29 is 9.53 Å². The molecular formula is C6H10N2O2. The van der Waals surface area contributed by atoms with E-state index in [1.54, 1.807) is 0 Å². The number of nitriles is 1. The van der Waals surface area contributed by atoms with Crippen LogP contribution in [0.15, 0.2) is 0 Å². The predicted molar refractivity (Wildman–Crippen MR) is 34.9 cm³/mol. The molecule has 0 aliphatic carbocycles. The Bertz CT molecular complexity index is 139. The number of carbonyl (C=O) groups excluding carboxylic acids is 1. The molecule has 2 N–H and O–H groups in total. The lowest BCUT2D eigenvalue weighted by Crippen LogP contribution is -2.11. The number of ether oxygens (including phenoxy) is 1. The Morgan fingerprint density at radius 1 is 1.70 bits per heavy atom. The van der Waals surface area contributed by atoms with E-state index in [4.69, 9.17) is 15.7 Å². The van der Waals surface area contributed by atoms with E-state index in [1.165, 1.54) is 0 Å². The van der Waals surface area contributed by atoms with Gasteiger partial charge in [-0.3, -0.25) is 4.79 Å². The minimum absolute atomic E-state index is 0.0821. The Morgan fingerprint density at radius 2 is 2.40 bits per heavy atom. The van der Waals surface area contributed by atoms with E-state index >= 15 is 0 Å². The van der Waals surface area contributed by atoms with Gasteiger partial charge in [0.05, 0.1) is 6.07 Å². The third kappa shape index (κ3) is 6.92. The number of carbonyl (C=O) groups is 1. The van der Waals surface area contributed by atoms with Gasteiger partial charge in [0.2, 0.25) is 5.91 Å². The normalized spacial score (nSPS) is 8.70. The number of primary amides is 1. The molecule has 0 bridgehead atoms. The van der Waals surface area contributed by atoms with Gasteiger partial charge in [-0.1, -0.05) is 0 Å². The highest BCUT2D eigenvalue weighted by atomic mass is 16.5. The first-order valence-corrected chi connectivity index (χ1v) is 3.00. The summed E-state index contributed by atoms with van der Waals surface area (Å²) in [7, 11) is 0. The Labute approximate surface area is 59.6 Å². The third-order valence-corrected chi connectivity index (χ3v) is 0.878. The lowest BCUT2D eigenvalue weighted by Gasteiger charge is -1.95. The fourth-order valence-electron chi connectivity index (χ4n) is 0.466. The molecule has 0 rings (SSSR count). The van der Waals surface area contributed by atoms with Crippen molar-refractivity contribution in [2.45, 2.75) is 12.8 Å². The first-order chi connectivity index (χ1) is 4.77. The van der Waals surface area contributed by atoms with Crippen LogP contribution in [0.4, 0.5) is 0 Å². The van der Waals surface area contributed by atoms with Gasteiger partial charge in [0.1, 0.15) is 6.61 Å². The van der Waals surface area contributed by atoms with Crippen LogP contribution < -0.4 is 5.73 Å². The molecule has 56 valence electrons. The molecule has 10 heavy (non-hydrogen) atoms. The molecular weight excluding hydrogens is 132 g/mol. The van der Waals surface area contributed by atoms with Gasteiger partial charge in [-0.15, -0.1) is 0 Å². The standard InChI is InChI=1S/C6H10N2O2/c7-3-5-10-4-1-2-6(8)9/h1-2,4-5H2,(H2,8,9). The van der Waals surface area contributed by atoms with E-state index in [0.29, 0.717) is 19.4 Å². The van der Waals surface area contributed by atoms with Crippen LogP contribution in [0.25, 0.3) is 0 Å². The second-order valence-corrected chi connectivity index (χ2v) is 1.78. The molecule has 0 heterocycles. The van der Waals surface area contributed by atoms with E-state index in [0.717, 1.165) is 0 Å². The lowest BCUT2D eigenvalue weighted by atomic mass is 10.3. The van der Waals surface area contributed by atoms with Crippen molar-refractivity contribution in [3.63, 3.8) is 0 Å². The summed E-state index contributed by atoms with van der Waals surface area (Å²) in [5.74, 6) is -0.333. The summed E-state index contributed by atoms with van der Waals surface area (Å²) in [5.41, 5.74) is 4.85. The largest absolute Gasteiger partial charge is 0.370 e. The van der Waals surface area contributed by atoms with Crippen LogP contribution in [0.1, 0.15) is 12.8 Å². The first kappa shape index (κ1) is 8.92. The summed E-state index contributed by atoms with van der Waals surface area (Å²) in [4.78, 5) is 10.1. The maximum absolute atomic E-state index is 10.1. The molecule has 4 nitrogen and oxygen atoms in total. The molecule has 0 aromatic rings. The predicted octanol–water partition coefficient (Wildman–Crippen LogP) is -0.208. The average Bonchev–Trinajstić information content (AvgIpc) is 1.87. The minimum atomic E-state index is -0.333. The third-order valence-electron chi connectivity index (χ3n) is 0.878. The quantitative estimate of drug-likeness (QED) is 0.539. The highest BCUT2D eigenvalue weighted by Gasteiger charge is 1.92. The molecule has 0 aromatic carbocycles. The van der Waals surface area contributed by atoms with Gasteiger partial charge in [0, 0.05) is 13.0 Å². The Morgan fingerprint density at radius 3 is 2.90 bits per heavy atom. The van der Waals surface area contributed by atoms with Crippen molar-refractivity contribution in [2.24, 2.45) is 5.73 Å². The van der Waals surface area contributed by atoms with Crippen LogP contribution in [0.2, 0.25) is 0 Å². The Balaban J connectivity index is 2.92. The molecule has 1 amide bonds. The summed E-state index contributed by atoms with van der Waals surface area (Å²) >= 11 is 0. The van der Waals surface area contributed by atoms with Gasteiger partial charge in [0.15, 0.2) is 0 Å². The smallest absolute Gasteiger partial charge is 0.217 e. The van der Waals surface area contributed by atoms with E-state index in [2.05, 4.69) is 0 Å². The topological polar surface area (TPSA) is 76.1 Å². The van der Waals surface area contributed by atoms with Crippen LogP contribution >= 0.6 is 0 Å². The summed E-state index contributed by atoms with van der Waals surface area (Å²) < 4.78 is 4.76. The van der Waals surface area contributed by atoms with Gasteiger partial charge in [-0.05, 0) is 6.42 Å². The zero-order valence-corrected chi connectivity index (χ0v) is 5.67. The molecule has 0 unspecified atom stereocenters. The van der Waals surface area contributed by atoms with Gasteiger partial charge < -0.3 is 10.5 Å². The van der Waals surface area contributed by atoms with Crippen molar-refractivity contribution in [3.05, 3.63) is 0 Å². The van der Waals surface area contributed by atoms with Crippen LogP contribution in [0, 0.1) is 11.3 Å². The zero-order valence-electron chi connectivity index (χ0n) is 5.67. The number of hydrogen-bond donors (Lipinski definition) is 1. The Kier molecular flexibility index (Phi) is 5.39. The van der Waals surface area contributed by atoms with Gasteiger partial charge in [-0.2, -0.15) is 5.26 Å². The Hall–Kier alpha value is -1.08. The number of nitrogens with two attached hydrogens (primary N) is 1. The highest BCUT2D eigenvalue weighted by Crippen LogP contribution is 1.87. The minimum Gasteiger partial charge on any atom is -0.370 e. The molecule has 0 aliphatic rings. The van der Waals surface area contributed by atoms with Crippen molar-refractivity contribution >= 4 is 5.91 Å².